The Morgan fingerprint density at radius 2 is 2.19 bits per heavy atom. The third kappa shape index (κ3) is 5.22. The van der Waals surface area contributed by atoms with Crippen LogP contribution in [0.25, 0.3) is 0 Å². The Hall–Kier alpha value is -2.08. The minimum atomic E-state index is -0.137. The second-order valence-corrected chi connectivity index (χ2v) is 7.55. The van der Waals surface area contributed by atoms with E-state index in [1.807, 2.05) is 23.1 Å². The molecular formula is C21H32N4O2. The number of hydrogen-bond acceptors (Lipinski definition) is 3. The van der Waals surface area contributed by atoms with Crippen LogP contribution in [0.1, 0.15) is 45.1 Å². The van der Waals surface area contributed by atoms with Crippen LogP contribution in [0.4, 0.5) is 5.69 Å². The molecule has 0 radical (unpaired) electrons. The molecule has 1 saturated heterocycles. The zero-order valence-corrected chi connectivity index (χ0v) is 16.6. The van der Waals surface area contributed by atoms with E-state index in [-0.39, 0.29) is 11.5 Å². The normalized spacial score (nSPS) is 22.0. The molecule has 2 N–H and O–H groups in total. The fraction of sp³-hybridized carbons (Fsp3) is 0.619. The van der Waals surface area contributed by atoms with Crippen molar-refractivity contribution in [1.82, 2.24) is 10.6 Å². The first-order valence-corrected chi connectivity index (χ1v) is 10.2. The Labute approximate surface area is 162 Å². The highest BCUT2D eigenvalue weighted by Crippen LogP contribution is 2.28. The number of carbonyl (C=O) groups excluding carboxylic acids is 1. The van der Waals surface area contributed by atoms with Crippen molar-refractivity contribution in [2.24, 2.45) is 4.99 Å². The number of guanidine groups is 1. The van der Waals surface area contributed by atoms with Gasteiger partial charge in [0.2, 0.25) is 5.91 Å². The van der Waals surface area contributed by atoms with E-state index in [0.717, 1.165) is 63.6 Å². The summed E-state index contributed by atoms with van der Waals surface area (Å²) in [4.78, 5) is 19.1. The zero-order chi connectivity index (χ0) is 19.1. The molecule has 6 heteroatoms. The summed E-state index contributed by atoms with van der Waals surface area (Å²) in [7, 11) is 0. The van der Waals surface area contributed by atoms with Gasteiger partial charge in [-0.15, -0.1) is 0 Å². The largest absolute Gasteiger partial charge is 0.373 e. The maximum absolute atomic E-state index is 12.6. The summed E-state index contributed by atoms with van der Waals surface area (Å²) in [6, 6.07) is 8.19. The number of aliphatic imine (C=N–C) groups is 1. The van der Waals surface area contributed by atoms with Crippen molar-refractivity contribution in [3.05, 3.63) is 29.8 Å². The van der Waals surface area contributed by atoms with E-state index < -0.39 is 0 Å². The summed E-state index contributed by atoms with van der Waals surface area (Å²) < 4.78 is 5.80. The van der Waals surface area contributed by atoms with E-state index in [0.29, 0.717) is 13.0 Å². The van der Waals surface area contributed by atoms with Crippen LogP contribution >= 0.6 is 0 Å². The lowest BCUT2D eigenvalue weighted by atomic mass is 10.0. The molecule has 3 rings (SSSR count). The van der Waals surface area contributed by atoms with Gasteiger partial charge in [0.1, 0.15) is 0 Å². The van der Waals surface area contributed by atoms with Crippen LogP contribution in [0.15, 0.2) is 29.3 Å². The number of para-hydroxylation sites is 1. The number of fused-ring (bicyclic) bond motifs is 1. The number of hydrogen-bond donors (Lipinski definition) is 2. The predicted molar refractivity (Wildman–Crippen MR) is 109 cm³/mol. The van der Waals surface area contributed by atoms with Crippen molar-refractivity contribution in [3.63, 3.8) is 0 Å². The lowest BCUT2D eigenvalue weighted by molar-refractivity contribution is -0.118. The number of amides is 1. The standard InChI is InChI=1S/C21H32N4O2/c1-3-22-20(24-16-21(2)12-7-15-27-21)23-13-6-10-19(26)25-14-11-17-8-4-5-9-18(17)25/h4-5,8-9H,3,6-7,10-16H2,1-2H3,(H2,22,23,24). The van der Waals surface area contributed by atoms with Crippen molar-refractivity contribution < 1.29 is 9.53 Å². The fourth-order valence-electron chi connectivity index (χ4n) is 3.73. The molecule has 1 amide bonds. The van der Waals surface area contributed by atoms with Crippen LogP contribution in [0.5, 0.6) is 0 Å². The molecule has 1 fully saturated rings. The van der Waals surface area contributed by atoms with Gasteiger partial charge < -0.3 is 20.3 Å². The molecule has 0 aliphatic carbocycles. The molecule has 148 valence electrons. The molecule has 0 spiro atoms. The number of nitrogens with zero attached hydrogens (tertiary/aromatic N) is 2. The lowest BCUT2D eigenvalue weighted by Gasteiger charge is -2.21. The molecular weight excluding hydrogens is 340 g/mol. The first kappa shape index (κ1) is 19.7. The molecule has 1 aromatic carbocycles. The van der Waals surface area contributed by atoms with E-state index in [4.69, 9.17) is 4.74 Å². The van der Waals surface area contributed by atoms with Gasteiger partial charge in [0, 0.05) is 38.3 Å². The lowest BCUT2D eigenvalue weighted by Crippen LogP contribution is -2.40. The summed E-state index contributed by atoms with van der Waals surface area (Å²) in [6.07, 6.45) is 4.45. The molecule has 2 aliphatic heterocycles. The van der Waals surface area contributed by atoms with Gasteiger partial charge in [-0.25, -0.2) is 0 Å². The third-order valence-electron chi connectivity index (χ3n) is 5.26. The second kappa shape index (κ2) is 9.22. The highest BCUT2D eigenvalue weighted by atomic mass is 16.5. The molecule has 6 nitrogen and oxygen atoms in total. The van der Waals surface area contributed by atoms with Crippen LogP contribution in [0.2, 0.25) is 0 Å². The number of ether oxygens (including phenoxy) is 1. The summed E-state index contributed by atoms with van der Waals surface area (Å²) in [6.45, 7) is 8.01. The number of benzene rings is 1. The van der Waals surface area contributed by atoms with Gasteiger partial charge in [-0.3, -0.25) is 9.79 Å². The summed E-state index contributed by atoms with van der Waals surface area (Å²) in [5.74, 6) is 1.00. The average Bonchev–Trinajstić information content (AvgIpc) is 3.30. The van der Waals surface area contributed by atoms with Gasteiger partial charge in [0.15, 0.2) is 5.96 Å². The highest BCUT2D eigenvalue weighted by Gasteiger charge is 2.29. The summed E-state index contributed by atoms with van der Waals surface area (Å²) in [5.41, 5.74) is 2.21. The van der Waals surface area contributed by atoms with Gasteiger partial charge >= 0.3 is 0 Å². The number of anilines is 1. The molecule has 1 unspecified atom stereocenters. The molecule has 0 aromatic heterocycles. The molecule has 0 saturated carbocycles. The Morgan fingerprint density at radius 1 is 1.33 bits per heavy atom. The Kier molecular flexibility index (Phi) is 6.72. The molecule has 27 heavy (non-hydrogen) atoms. The van der Waals surface area contributed by atoms with Gasteiger partial charge in [0.05, 0.1) is 12.1 Å². The van der Waals surface area contributed by atoms with E-state index in [1.54, 1.807) is 0 Å². The monoisotopic (exact) mass is 372 g/mol. The zero-order valence-electron chi connectivity index (χ0n) is 16.6. The van der Waals surface area contributed by atoms with Crippen molar-refractivity contribution in [1.29, 1.82) is 0 Å². The SMILES string of the molecule is CCNC(=NCC1(C)CCCO1)NCCCC(=O)N1CCc2ccccc21. The van der Waals surface area contributed by atoms with Gasteiger partial charge in [0.25, 0.3) is 0 Å². The van der Waals surface area contributed by atoms with E-state index >= 15 is 0 Å². The van der Waals surface area contributed by atoms with Crippen molar-refractivity contribution in [3.8, 4) is 0 Å². The maximum atomic E-state index is 12.6. The molecule has 1 aromatic rings. The van der Waals surface area contributed by atoms with E-state index in [1.165, 1.54) is 5.56 Å². The Balaban J connectivity index is 1.43. The molecule has 2 aliphatic rings. The quantitative estimate of drug-likeness (QED) is 0.438. The van der Waals surface area contributed by atoms with Crippen LogP contribution in [0, 0.1) is 0 Å². The van der Waals surface area contributed by atoms with Crippen LogP contribution in [0.3, 0.4) is 0 Å². The van der Waals surface area contributed by atoms with E-state index in [9.17, 15) is 4.79 Å². The van der Waals surface area contributed by atoms with Crippen LogP contribution in [-0.2, 0) is 16.0 Å². The maximum Gasteiger partial charge on any atom is 0.227 e. The van der Waals surface area contributed by atoms with Gasteiger partial charge in [-0.05, 0) is 51.2 Å². The number of carbonyl (C=O) groups is 1. The van der Waals surface area contributed by atoms with Crippen molar-refractivity contribution in [2.75, 3.05) is 37.7 Å². The van der Waals surface area contributed by atoms with E-state index in [2.05, 4.69) is 35.5 Å². The van der Waals surface area contributed by atoms with Crippen LogP contribution in [-0.4, -0.2) is 50.3 Å². The first-order valence-electron chi connectivity index (χ1n) is 10.2. The number of rotatable bonds is 7. The topological polar surface area (TPSA) is 66.0 Å². The Morgan fingerprint density at radius 3 is 2.96 bits per heavy atom. The second-order valence-electron chi connectivity index (χ2n) is 7.55. The van der Waals surface area contributed by atoms with Gasteiger partial charge in [-0.2, -0.15) is 0 Å². The molecule has 1 atom stereocenters. The summed E-state index contributed by atoms with van der Waals surface area (Å²) >= 11 is 0. The minimum Gasteiger partial charge on any atom is -0.373 e. The third-order valence-corrected chi connectivity index (χ3v) is 5.26. The molecule has 0 bridgehead atoms. The highest BCUT2D eigenvalue weighted by molar-refractivity contribution is 5.95. The molecule has 2 heterocycles. The van der Waals surface area contributed by atoms with Gasteiger partial charge in [-0.1, -0.05) is 18.2 Å². The average molecular weight is 373 g/mol. The fourth-order valence-corrected chi connectivity index (χ4v) is 3.73. The minimum absolute atomic E-state index is 0.137. The van der Waals surface area contributed by atoms with Crippen molar-refractivity contribution >= 4 is 17.6 Å². The first-order chi connectivity index (χ1) is 13.1. The summed E-state index contributed by atoms with van der Waals surface area (Å²) in [5, 5.41) is 6.61. The predicted octanol–water partition coefficient (Wildman–Crippen LogP) is 2.48. The van der Waals surface area contributed by atoms with Crippen molar-refractivity contribution in [2.45, 2.75) is 51.6 Å². The van der Waals surface area contributed by atoms with Crippen LogP contribution < -0.4 is 15.5 Å². The smallest absolute Gasteiger partial charge is 0.227 e. The Bertz CT molecular complexity index is 668. The number of nitrogens with one attached hydrogen (secondary N) is 2.